The molecule has 0 aromatic heterocycles. The Morgan fingerprint density at radius 1 is 1.25 bits per heavy atom. The lowest BCUT2D eigenvalue weighted by atomic mass is 10.2. The van der Waals surface area contributed by atoms with Crippen LogP contribution in [0.2, 0.25) is 5.02 Å². The minimum absolute atomic E-state index is 0.0805. The van der Waals surface area contributed by atoms with Crippen LogP contribution in [0, 0.1) is 12.7 Å². The molecule has 0 unspecified atom stereocenters. The summed E-state index contributed by atoms with van der Waals surface area (Å²) in [5.74, 6) is -0.513. The summed E-state index contributed by atoms with van der Waals surface area (Å²) in [7, 11) is 0. The number of aryl methyl sites for hydroxylation is 1. The smallest absolute Gasteiger partial charge is 0.323 e. The molecule has 0 aliphatic carbocycles. The lowest BCUT2D eigenvalue weighted by molar-refractivity contribution is 0.262. The molecule has 20 heavy (non-hydrogen) atoms. The number of aromatic hydroxyl groups is 1. The molecule has 0 aliphatic rings. The maximum Gasteiger partial charge on any atom is 0.323 e. The summed E-state index contributed by atoms with van der Waals surface area (Å²) in [6.45, 7) is 1.73. The highest BCUT2D eigenvalue weighted by Gasteiger charge is 2.11. The zero-order valence-electron chi connectivity index (χ0n) is 10.6. The molecule has 0 saturated carbocycles. The van der Waals surface area contributed by atoms with Gasteiger partial charge in [-0.3, -0.25) is 0 Å². The van der Waals surface area contributed by atoms with Crippen molar-refractivity contribution in [2.75, 3.05) is 10.6 Å². The molecule has 0 heterocycles. The van der Waals surface area contributed by atoms with Crippen LogP contribution in [0.3, 0.4) is 0 Å². The number of hydrogen-bond acceptors (Lipinski definition) is 2. The Bertz CT molecular complexity index is 641. The van der Waals surface area contributed by atoms with Gasteiger partial charge in [0, 0.05) is 5.69 Å². The van der Waals surface area contributed by atoms with Crippen molar-refractivity contribution in [1.29, 1.82) is 0 Å². The van der Waals surface area contributed by atoms with Crippen LogP contribution in [0.1, 0.15) is 5.56 Å². The fourth-order valence-corrected chi connectivity index (χ4v) is 1.88. The van der Waals surface area contributed by atoms with Crippen molar-refractivity contribution in [3.05, 3.63) is 52.8 Å². The van der Waals surface area contributed by atoms with Gasteiger partial charge in [0.15, 0.2) is 0 Å². The minimum atomic E-state index is -0.620. The van der Waals surface area contributed by atoms with E-state index in [4.69, 9.17) is 11.6 Å². The van der Waals surface area contributed by atoms with E-state index in [1.165, 1.54) is 30.3 Å². The average Bonchev–Trinajstić information content (AvgIpc) is 2.37. The summed E-state index contributed by atoms with van der Waals surface area (Å²) in [5, 5.41) is 14.3. The summed E-state index contributed by atoms with van der Waals surface area (Å²) in [6.07, 6.45) is 0. The first kappa shape index (κ1) is 14.1. The van der Waals surface area contributed by atoms with E-state index in [9.17, 15) is 14.3 Å². The molecule has 0 aliphatic heterocycles. The van der Waals surface area contributed by atoms with E-state index >= 15 is 0 Å². The van der Waals surface area contributed by atoms with Crippen LogP contribution in [-0.2, 0) is 0 Å². The molecule has 3 N–H and O–H groups in total. The highest BCUT2D eigenvalue weighted by molar-refractivity contribution is 6.33. The Balaban J connectivity index is 2.13. The number of anilines is 2. The number of benzene rings is 2. The third kappa shape index (κ3) is 3.19. The molecule has 2 aromatic carbocycles. The van der Waals surface area contributed by atoms with E-state index in [1.807, 2.05) is 0 Å². The molecular formula is C14H12ClFN2O2. The summed E-state index contributed by atoms with van der Waals surface area (Å²) in [6, 6.07) is 8.01. The van der Waals surface area contributed by atoms with E-state index in [2.05, 4.69) is 10.6 Å². The Morgan fingerprint density at radius 3 is 2.65 bits per heavy atom. The molecule has 0 spiro atoms. The van der Waals surface area contributed by atoms with Gasteiger partial charge >= 0.3 is 6.03 Å². The predicted octanol–water partition coefficient (Wildman–Crippen LogP) is 4.14. The monoisotopic (exact) mass is 294 g/mol. The third-order valence-corrected chi connectivity index (χ3v) is 2.97. The van der Waals surface area contributed by atoms with Gasteiger partial charge in [0.2, 0.25) is 0 Å². The lowest BCUT2D eigenvalue weighted by Crippen LogP contribution is -2.20. The Morgan fingerprint density at radius 2 is 2.00 bits per heavy atom. The average molecular weight is 295 g/mol. The number of hydrogen-bond donors (Lipinski definition) is 3. The number of halogens is 2. The minimum Gasteiger partial charge on any atom is -0.508 e. The summed E-state index contributed by atoms with van der Waals surface area (Å²) < 4.78 is 13.5. The third-order valence-electron chi connectivity index (χ3n) is 2.66. The highest BCUT2D eigenvalue weighted by atomic mass is 35.5. The van der Waals surface area contributed by atoms with Crippen LogP contribution in [0.15, 0.2) is 36.4 Å². The first-order valence-electron chi connectivity index (χ1n) is 5.79. The number of carbonyl (C=O) groups excluding carboxylic acids is 1. The topological polar surface area (TPSA) is 61.4 Å². The van der Waals surface area contributed by atoms with Crippen LogP contribution in [0.25, 0.3) is 0 Å². The van der Waals surface area contributed by atoms with Gasteiger partial charge in [-0.2, -0.15) is 0 Å². The van der Waals surface area contributed by atoms with Crippen LogP contribution in [0.5, 0.6) is 5.75 Å². The largest absolute Gasteiger partial charge is 0.508 e. The van der Waals surface area contributed by atoms with Crippen molar-refractivity contribution in [3.63, 3.8) is 0 Å². The molecule has 0 atom stereocenters. The molecular weight excluding hydrogens is 283 g/mol. The van der Waals surface area contributed by atoms with Crippen LogP contribution < -0.4 is 10.6 Å². The van der Waals surface area contributed by atoms with E-state index in [0.29, 0.717) is 11.3 Å². The van der Waals surface area contributed by atoms with Crippen molar-refractivity contribution < 1.29 is 14.3 Å². The van der Waals surface area contributed by atoms with Gasteiger partial charge in [0.25, 0.3) is 0 Å². The SMILES string of the molecule is Cc1cc(O)ccc1NC(=O)Nc1c(F)cccc1Cl. The molecule has 2 aromatic rings. The second kappa shape index (κ2) is 5.79. The number of amides is 2. The second-order valence-corrected chi connectivity index (χ2v) is 4.58. The number of nitrogens with one attached hydrogen (secondary N) is 2. The van der Waals surface area contributed by atoms with Crippen LogP contribution in [-0.4, -0.2) is 11.1 Å². The molecule has 4 nitrogen and oxygen atoms in total. The number of carbonyl (C=O) groups is 1. The van der Waals surface area contributed by atoms with Crippen molar-refractivity contribution in [2.24, 2.45) is 0 Å². The fraction of sp³-hybridized carbons (Fsp3) is 0.0714. The van der Waals surface area contributed by atoms with Crippen molar-refractivity contribution in [2.45, 2.75) is 6.92 Å². The number of rotatable bonds is 2. The summed E-state index contributed by atoms with van der Waals surface area (Å²) >= 11 is 5.81. The number of phenolic OH excluding ortho intramolecular Hbond substituents is 1. The number of phenols is 1. The normalized spacial score (nSPS) is 10.2. The molecule has 0 radical (unpaired) electrons. The van der Waals surface area contributed by atoms with E-state index in [1.54, 1.807) is 13.0 Å². The standard InChI is InChI=1S/C14H12ClFN2O2/c1-8-7-9(19)5-6-12(8)17-14(20)18-13-10(15)3-2-4-11(13)16/h2-7,19H,1H3,(H2,17,18,20). The molecule has 2 rings (SSSR count). The number of para-hydroxylation sites is 1. The quantitative estimate of drug-likeness (QED) is 0.729. The Labute approximate surface area is 120 Å². The zero-order chi connectivity index (χ0) is 14.7. The van der Waals surface area contributed by atoms with E-state index in [0.717, 1.165) is 0 Å². The van der Waals surface area contributed by atoms with Gasteiger partial charge < -0.3 is 15.7 Å². The van der Waals surface area contributed by atoms with Gasteiger partial charge in [0.05, 0.1) is 10.7 Å². The second-order valence-electron chi connectivity index (χ2n) is 4.18. The van der Waals surface area contributed by atoms with Crippen molar-refractivity contribution >= 4 is 29.0 Å². The van der Waals surface area contributed by atoms with Crippen molar-refractivity contribution in [3.8, 4) is 5.75 Å². The van der Waals surface area contributed by atoms with Gasteiger partial charge in [0.1, 0.15) is 11.6 Å². The Hall–Kier alpha value is -2.27. The maximum absolute atomic E-state index is 13.5. The molecule has 104 valence electrons. The van der Waals surface area contributed by atoms with Crippen molar-refractivity contribution in [1.82, 2.24) is 0 Å². The molecule has 0 bridgehead atoms. The van der Waals surface area contributed by atoms with Crippen LogP contribution >= 0.6 is 11.6 Å². The van der Waals surface area contributed by atoms with Gasteiger partial charge in [-0.25, -0.2) is 9.18 Å². The van der Waals surface area contributed by atoms with Crippen LogP contribution in [0.4, 0.5) is 20.6 Å². The molecule has 0 fully saturated rings. The number of urea groups is 1. The Kier molecular flexibility index (Phi) is 4.10. The molecule has 0 saturated heterocycles. The predicted molar refractivity (Wildman–Crippen MR) is 76.9 cm³/mol. The maximum atomic E-state index is 13.5. The van der Waals surface area contributed by atoms with Gasteiger partial charge in [-0.1, -0.05) is 17.7 Å². The first-order valence-corrected chi connectivity index (χ1v) is 6.17. The van der Waals surface area contributed by atoms with Gasteiger partial charge in [-0.15, -0.1) is 0 Å². The summed E-state index contributed by atoms with van der Waals surface area (Å²) in [5.41, 5.74) is 1.11. The summed E-state index contributed by atoms with van der Waals surface area (Å²) in [4.78, 5) is 11.8. The molecule has 6 heteroatoms. The zero-order valence-corrected chi connectivity index (χ0v) is 11.3. The van der Waals surface area contributed by atoms with E-state index in [-0.39, 0.29) is 16.5 Å². The van der Waals surface area contributed by atoms with Gasteiger partial charge in [-0.05, 0) is 42.8 Å². The first-order chi connectivity index (χ1) is 9.47. The lowest BCUT2D eigenvalue weighted by Gasteiger charge is -2.11. The fourth-order valence-electron chi connectivity index (χ4n) is 1.67. The van der Waals surface area contributed by atoms with E-state index < -0.39 is 11.8 Å². The highest BCUT2D eigenvalue weighted by Crippen LogP contribution is 2.25. The molecule has 2 amide bonds.